The van der Waals surface area contributed by atoms with E-state index >= 15 is 0 Å². The minimum atomic E-state index is -0.0934. The van der Waals surface area contributed by atoms with Crippen molar-refractivity contribution in [3.05, 3.63) is 30.1 Å². The van der Waals surface area contributed by atoms with Crippen LogP contribution in [0.3, 0.4) is 0 Å². The van der Waals surface area contributed by atoms with Gasteiger partial charge in [-0.05, 0) is 79.9 Å². The number of carbonyl (C=O) groups is 1. The van der Waals surface area contributed by atoms with Gasteiger partial charge in [0.25, 0.3) is 0 Å². The Morgan fingerprint density at radius 3 is 2.63 bits per heavy atom. The van der Waals surface area contributed by atoms with E-state index in [9.17, 15) is 4.79 Å². The van der Waals surface area contributed by atoms with Crippen LogP contribution in [0.15, 0.2) is 24.5 Å². The number of ether oxygens (including phenoxy) is 1. The lowest BCUT2D eigenvalue weighted by molar-refractivity contribution is -0.158. The third-order valence-corrected chi connectivity index (χ3v) is 8.18. The molecule has 5 fully saturated rings. The number of amides is 1. The zero-order valence-corrected chi connectivity index (χ0v) is 16.5. The summed E-state index contributed by atoms with van der Waals surface area (Å²) in [5.74, 6) is 2.27. The van der Waals surface area contributed by atoms with Crippen LogP contribution < -0.4 is 5.32 Å². The van der Waals surface area contributed by atoms with Gasteiger partial charge >= 0.3 is 0 Å². The van der Waals surface area contributed by atoms with E-state index < -0.39 is 0 Å². The van der Waals surface area contributed by atoms with Crippen LogP contribution in [0.5, 0.6) is 0 Å². The fraction of sp³-hybridized carbons (Fsp3) is 0.739. The molecular weight excluding hydrogens is 336 g/mol. The van der Waals surface area contributed by atoms with Crippen molar-refractivity contribution >= 4 is 5.91 Å². The predicted octanol–water partition coefficient (Wildman–Crippen LogP) is 3.75. The third kappa shape index (κ3) is 3.10. The second-order valence-electron chi connectivity index (χ2n) is 10.0. The van der Waals surface area contributed by atoms with Crippen LogP contribution in [0, 0.1) is 28.6 Å². The summed E-state index contributed by atoms with van der Waals surface area (Å²) in [5.41, 5.74) is 1.63. The zero-order chi connectivity index (χ0) is 18.5. The van der Waals surface area contributed by atoms with Gasteiger partial charge in [-0.2, -0.15) is 0 Å². The molecule has 1 amide bonds. The van der Waals surface area contributed by atoms with Gasteiger partial charge in [0.05, 0.1) is 24.7 Å². The molecule has 4 bridgehead atoms. The van der Waals surface area contributed by atoms with Crippen molar-refractivity contribution in [3.63, 3.8) is 0 Å². The SMILES string of the molecule is CCC12CC3CC(C1)CC(C(=O)N[C@H]1COC[C@H]1Cc1ccncc1)(C3)C2. The molecule has 1 aromatic rings. The topological polar surface area (TPSA) is 51.2 Å². The summed E-state index contributed by atoms with van der Waals surface area (Å²) < 4.78 is 5.77. The molecule has 146 valence electrons. The monoisotopic (exact) mass is 368 g/mol. The van der Waals surface area contributed by atoms with Crippen molar-refractivity contribution in [1.29, 1.82) is 0 Å². The number of carbonyl (C=O) groups excluding carboxylic acids is 1. The van der Waals surface area contributed by atoms with Crippen LogP contribution in [-0.2, 0) is 16.0 Å². The number of hydrogen-bond acceptors (Lipinski definition) is 3. The number of hydrogen-bond donors (Lipinski definition) is 1. The zero-order valence-electron chi connectivity index (χ0n) is 16.5. The fourth-order valence-electron chi connectivity index (χ4n) is 7.23. The van der Waals surface area contributed by atoms with Gasteiger partial charge in [-0.1, -0.05) is 13.3 Å². The average Bonchev–Trinajstić information content (AvgIpc) is 3.08. The van der Waals surface area contributed by atoms with Gasteiger partial charge < -0.3 is 10.1 Å². The van der Waals surface area contributed by atoms with Gasteiger partial charge in [-0.25, -0.2) is 0 Å². The molecule has 2 unspecified atom stereocenters. The highest BCUT2D eigenvalue weighted by atomic mass is 16.5. The van der Waals surface area contributed by atoms with Crippen molar-refractivity contribution in [1.82, 2.24) is 10.3 Å². The smallest absolute Gasteiger partial charge is 0.226 e. The molecule has 0 aromatic carbocycles. The van der Waals surface area contributed by atoms with Crippen LogP contribution in [0.1, 0.15) is 57.4 Å². The first-order chi connectivity index (χ1) is 13.1. The number of nitrogens with one attached hydrogen (secondary N) is 1. The van der Waals surface area contributed by atoms with Gasteiger partial charge in [-0.15, -0.1) is 0 Å². The quantitative estimate of drug-likeness (QED) is 0.861. The Balaban J connectivity index is 1.30. The normalized spacial score (nSPS) is 42.4. The van der Waals surface area contributed by atoms with Crippen molar-refractivity contribution in [2.75, 3.05) is 13.2 Å². The van der Waals surface area contributed by atoms with Crippen LogP contribution in [0.2, 0.25) is 0 Å². The lowest BCUT2D eigenvalue weighted by Crippen LogP contribution is -2.59. The maximum atomic E-state index is 13.5. The summed E-state index contributed by atoms with van der Waals surface area (Å²) in [6, 6.07) is 4.29. The average molecular weight is 369 g/mol. The lowest BCUT2D eigenvalue weighted by Gasteiger charge is -2.61. The summed E-state index contributed by atoms with van der Waals surface area (Å²) in [6.45, 7) is 3.74. The standard InChI is InChI=1S/C23H32N2O2/c1-2-22-9-17-7-18(10-22)12-23(11-17,15-22)21(26)25-20-14-27-13-19(20)8-16-3-5-24-6-4-16/h3-6,17-20H,2,7-15H2,1H3,(H,25,26)/t17?,18?,19-,20+,22?,23?/m1/s1. The summed E-state index contributed by atoms with van der Waals surface area (Å²) in [5, 5.41) is 3.47. The summed E-state index contributed by atoms with van der Waals surface area (Å²) in [4.78, 5) is 17.6. The Hall–Kier alpha value is -1.42. The number of rotatable bonds is 5. The molecule has 4 saturated carbocycles. The van der Waals surface area contributed by atoms with E-state index in [4.69, 9.17) is 4.74 Å². The van der Waals surface area contributed by atoms with E-state index in [0.717, 1.165) is 44.1 Å². The van der Waals surface area contributed by atoms with Crippen LogP contribution in [-0.4, -0.2) is 30.1 Å². The molecule has 0 spiro atoms. The highest BCUT2D eigenvalue weighted by Gasteiger charge is 2.60. The molecule has 2 heterocycles. The van der Waals surface area contributed by atoms with Crippen molar-refractivity contribution in [3.8, 4) is 0 Å². The van der Waals surface area contributed by atoms with Crippen LogP contribution in [0.4, 0.5) is 0 Å². The van der Waals surface area contributed by atoms with Gasteiger partial charge in [0, 0.05) is 18.3 Å². The Labute approximate surface area is 162 Å². The second-order valence-corrected chi connectivity index (χ2v) is 10.0. The molecule has 4 nitrogen and oxygen atoms in total. The fourth-order valence-corrected chi connectivity index (χ4v) is 7.23. The summed E-state index contributed by atoms with van der Waals surface area (Å²) in [7, 11) is 0. The molecule has 0 radical (unpaired) electrons. The minimum absolute atomic E-state index is 0.0934. The van der Waals surface area contributed by atoms with E-state index in [-0.39, 0.29) is 11.5 Å². The third-order valence-electron chi connectivity index (χ3n) is 8.18. The van der Waals surface area contributed by atoms with Gasteiger partial charge in [0.15, 0.2) is 0 Å². The molecule has 4 heteroatoms. The lowest BCUT2D eigenvalue weighted by atomic mass is 9.43. The molecule has 1 saturated heterocycles. The summed E-state index contributed by atoms with van der Waals surface area (Å²) >= 11 is 0. The largest absolute Gasteiger partial charge is 0.379 e. The number of aromatic nitrogens is 1. The van der Waals surface area contributed by atoms with Crippen LogP contribution in [0.25, 0.3) is 0 Å². The molecule has 6 rings (SSSR count). The van der Waals surface area contributed by atoms with Gasteiger partial charge in [-0.3, -0.25) is 9.78 Å². The van der Waals surface area contributed by atoms with E-state index in [0.29, 0.717) is 23.8 Å². The molecule has 1 aliphatic heterocycles. The maximum Gasteiger partial charge on any atom is 0.226 e. The second kappa shape index (κ2) is 6.58. The first kappa shape index (κ1) is 17.7. The Bertz CT molecular complexity index is 690. The van der Waals surface area contributed by atoms with Crippen LogP contribution >= 0.6 is 0 Å². The highest BCUT2D eigenvalue weighted by Crippen LogP contribution is 2.66. The van der Waals surface area contributed by atoms with E-state index in [2.05, 4.69) is 29.4 Å². The maximum absolute atomic E-state index is 13.5. The molecule has 4 aliphatic carbocycles. The molecular formula is C23H32N2O2. The Kier molecular flexibility index (Phi) is 4.30. The first-order valence-corrected chi connectivity index (χ1v) is 10.9. The van der Waals surface area contributed by atoms with Crippen molar-refractivity contribution in [2.24, 2.45) is 28.6 Å². The predicted molar refractivity (Wildman–Crippen MR) is 104 cm³/mol. The molecule has 5 aliphatic rings. The Morgan fingerprint density at radius 1 is 1.19 bits per heavy atom. The van der Waals surface area contributed by atoms with E-state index in [1.165, 1.54) is 31.2 Å². The van der Waals surface area contributed by atoms with Crippen molar-refractivity contribution in [2.45, 2.75) is 64.3 Å². The van der Waals surface area contributed by atoms with Crippen molar-refractivity contribution < 1.29 is 9.53 Å². The van der Waals surface area contributed by atoms with E-state index in [1.807, 2.05) is 12.4 Å². The highest BCUT2D eigenvalue weighted by molar-refractivity contribution is 5.83. The number of nitrogens with zero attached hydrogens (tertiary/aromatic N) is 1. The molecule has 4 atom stereocenters. The first-order valence-electron chi connectivity index (χ1n) is 10.9. The van der Waals surface area contributed by atoms with Gasteiger partial charge in [0.2, 0.25) is 5.91 Å². The number of pyridine rings is 1. The van der Waals surface area contributed by atoms with Gasteiger partial charge in [0.1, 0.15) is 0 Å². The Morgan fingerprint density at radius 2 is 1.93 bits per heavy atom. The molecule has 1 N–H and O–H groups in total. The molecule has 1 aromatic heterocycles. The summed E-state index contributed by atoms with van der Waals surface area (Å²) in [6.07, 6.45) is 13.4. The minimum Gasteiger partial charge on any atom is -0.379 e. The molecule has 27 heavy (non-hydrogen) atoms. The van der Waals surface area contributed by atoms with E-state index in [1.54, 1.807) is 0 Å².